The van der Waals surface area contributed by atoms with Crippen LogP contribution in [0.4, 0.5) is 0 Å². The summed E-state index contributed by atoms with van der Waals surface area (Å²) in [7, 11) is 0. The van der Waals surface area contributed by atoms with Gasteiger partial charge in [-0.3, -0.25) is 4.79 Å². The normalized spacial score (nSPS) is 10.5. The van der Waals surface area contributed by atoms with E-state index in [1.165, 1.54) is 5.56 Å². The van der Waals surface area contributed by atoms with Crippen LogP contribution in [0.5, 0.6) is 5.75 Å². The van der Waals surface area contributed by atoms with E-state index in [0.29, 0.717) is 18.9 Å². The van der Waals surface area contributed by atoms with Gasteiger partial charge in [0, 0.05) is 6.54 Å². The Balaban J connectivity index is 2.31. The zero-order valence-corrected chi connectivity index (χ0v) is 11.7. The van der Waals surface area contributed by atoms with E-state index in [-0.39, 0.29) is 5.91 Å². The molecule has 1 aromatic carbocycles. The molecule has 0 spiro atoms. The first-order valence-corrected chi connectivity index (χ1v) is 6.46. The highest BCUT2D eigenvalue weighted by Crippen LogP contribution is 2.18. The van der Waals surface area contributed by atoms with Crippen molar-refractivity contribution in [2.45, 2.75) is 34.1 Å². The van der Waals surface area contributed by atoms with Crippen molar-refractivity contribution in [3.63, 3.8) is 0 Å². The molecule has 0 atom stereocenters. The molecule has 100 valence electrons. The molecule has 1 aromatic rings. The summed E-state index contributed by atoms with van der Waals surface area (Å²) < 4.78 is 5.61. The second-order valence-corrected chi connectivity index (χ2v) is 5.07. The largest absolute Gasteiger partial charge is 0.493 e. The first kappa shape index (κ1) is 14.6. The van der Waals surface area contributed by atoms with Gasteiger partial charge in [0.1, 0.15) is 5.75 Å². The second kappa shape index (κ2) is 7.04. The maximum Gasteiger partial charge on any atom is 0.223 e. The zero-order valence-electron chi connectivity index (χ0n) is 11.7. The zero-order chi connectivity index (χ0) is 13.5. The molecule has 0 saturated heterocycles. The van der Waals surface area contributed by atoms with Crippen molar-refractivity contribution in [2.75, 3.05) is 13.2 Å². The van der Waals surface area contributed by atoms with Crippen molar-refractivity contribution in [3.05, 3.63) is 29.3 Å². The van der Waals surface area contributed by atoms with Crippen LogP contribution in [0, 0.1) is 19.8 Å². The van der Waals surface area contributed by atoms with Gasteiger partial charge in [0.25, 0.3) is 0 Å². The van der Waals surface area contributed by atoms with Gasteiger partial charge in [-0.2, -0.15) is 0 Å². The van der Waals surface area contributed by atoms with Crippen LogP contribution in [-0.2, 0) is 4.79 Å². The molecule has 0 unspecified atom stereocenters. The number of ether oxygens (including phenoxy) is 1. The van der Waals surface area contributed by atoms with Crippen LogP contribution in [0.15, 0.2) is 18.2 Å². The Labute approximate surface area is 110 Å². The van der Waals surface area contributed by atoms with Crippen molar-refractivity contribution in [3.8, 4) is 5.75 Å². The molecule has 3 nitrogen and oxygen atoms in total. The minimum absolute atomic E-state index is 0.0495. The van der Waals surface area contributed by atoms with Crippen LogP contribution < -0.4 is 10.1 Å². The standard InChI is InChI=1S/C15H23NO2/c1-11(2)10-16-15(17)7-8-18-14-6-5-12(3)9-13(14)4/h5-6,9,11H,7-8,10H2,1-4H3,(H,16,17). The van der Waals surface area contributed by atoms with E-state index in [1.54, 1.807) is 0 Å². The summed E-state index contributed by atoms with van der Waals surface area (Å²) in [6, 6.07) is 6.05. The smallest absolute Gasteiger partial charge is 0.223 e. The number of benzene rings is 1. The number of aryl methyl sites for hydroxylation is 2. The molecule has 0 saturated carbocycles. The number of hydrogen-bond acceptors (Lipinski definition) is 2. The SMILES string of the molecule is Cc1ccc(OCCC(=O)NCC(C)C)c(C)c1. The molecule has 0 radical (unpaired) electrons. The van der Waals surface area contributed by atoms with E-state index >= 15 is 0 Å². The molecular weight excluding hydrogens is 226 g/mol. The van der Waals surface area contributed by atoms with Gasteiger partial charge in [0.15, 0.2) is 0 Å². The maximum atomic E-state index is 11.5. The average Bonchev–Trinajstić information content (AvgIpc) is 2.29. The number of carbonyl (C=O) groups excluding carboxylic acids is 1. The highest BCUT2D eigenvalue weighted by Gasteiger charge is 2.04. The van der Waals surface area contributed by atoms with Gasteiger partial charge in [-0.05, 0) is 31.4 Å². The molecular formula is C15H23NO2. The summed E-state index contributed by atoms with van der Waals surface area (Å²) in [5.41, 5.74) is 2.33. The predicted molar refractivity (Wildman–Crippen MR) is 73.9 cm³/mol. The highest BCUT2D eigenvalue weighted by molar-refractivity contribution is 5.75. The number of nitrogens with one attached hydrogen (secondary N) is 1. The van der Waals surface area contributed by atoms with Crippen molar-refractivity contribution in [1.29, 1.82) is 0 Å². The lowest BCUT2D eigenvalue weighted by molar-refractivity contribution is -0.121. The summed E-state index contributed by atoms with van der Waals surface area (Å²) >= 11 is 0. The number of hydrogen-bond donors (Lipinski definition) is 1. The molecule has 0 heterocycles. The average molecular weight is 249 g/mol. The van der Waals surface area contributed by atoms with Crippen LogP contribution in [0.1, 0.15) is 31.4 Å². The summed E-state index contributed by atoms with van der Waals surface area (Å²) in [5.74, 6) is 1.39. The lowest BCUT2D eigenvalue weighted by atomic mass is 10.1. The quantitative estimate of drug-likeness (QED) is 0.842. The third-order valence-electron chi connectivity index (χ3n) is 2.62. The Morgan fingerprint density at radius 2 is 2.06 bits per heavy atom. The van der Waals surface area contributed by atoms with Crippen LogP contribution in [0.25, 0.3) is 0 Å². The predicted octanol–water partition coefficient (Wildman–Crippen LogP) is 2.84. The fraction of sp³-hybridized carbons (Fsp3) is 0.533. The molecule has 1 N–H and O–H groups in total. The minimum atomic E-state index is 0.0495. The fourth-order valence-corrected chi connectivity index (χ4v) is 1.62. The van der Waals surface area contributed by atoms with E-state index in [9.17, 15) is 4.79 Å². The van der Waals surface area contributed by atoms with Crippen LogP contribution in [-0.4, -0.2) is 19.1 Å². The highest BCUT2D eigenvalue weighted by atomic mass is 16.5. The van der Waals surface area contributed by atoms with Gasteiger partial charge in [-0.25, -0.2) is 0 Å². The Kier molecular flexibility index (Phi) is 5.69. The van der Waals surface area contributed by atoms with Crippen LogP contribution >= 0.6 is 0 Å². The lowest BCUT2D eigenvalue weighted by Crippen LogP contribution is -2.28. The summed E-state index contributed by atoms with van der Waals surface area (Å²) in [4.78, 5) is 11.5. The van der Waals surface area contributed by atoms with Crippen molar-refractivity contribution >= 4 is 5.91 Å². The van der Waals surface area contributed by atoms with Gasteiger partial charge in [0.2, 0.25) is 5.91 Å². The lowest BCUT2D eigenvalue weighted by Gasteiger charge is -2.10. The monoisotopic (exact) mass is 249 g/mol. The van der Waals surface area contributed by atoms with Gasteiger partial charge in [0.05, 0.1) is 13.0 Å². The molecule has 0 aromatic heterocycles. The molecule has 0 aliphatic heterocycles. The molecule has 0 aliphatic carbocycles. The van der Waals surface area contributed by atoms with Crippen molar-refractivity contribution < 1.29 is 9.53 Å². The molecule has 0 bridgehead atoms. The first-order chi connectivity index (χ1) is 8.49. The summed E-state index contributed by atoms with van der Waals surface area (Å²) in [5, 5.41) is 2.87. The van der Waals surface area contributed by atoms with E-state index in [0.717, 1.165) is 17.9 Å². The Hall–Kier alpha value is -1.51. The van der Waals surface area contributed by atoms with Crippen LogP contribution in [0.3, 0.4) is 0 Å². The minimum Gasteiger partial charge on any atom is -0.493 e. The number of rotatable bonds is 6. The second-order valence-electron chi connectivity index (χ2n) is 5.07. The summed E-state index contributed by atoms with van der Waals surface area (Å²) in [6.07, 6.45) is 0.403. The number of carbonyl (C=O) groups is 1. The summed E-state index contributed by atoms with van der Waals surface area (Å²) in [6.45, 7) is 9.37. The molecule has 1 rings (SSSR count). The van der Waals surface area contributed by atoms with E-state index in [2.05, 4.69) is 32.2 Å². The number of amides is 1. The molecule has 0 aliphatic rings. The Morgan fingerprint density at radius 1 is 1.33 bits per heavy atom. The van der Waals surface area contributed by atoms with Crippen LogP contribution in [0.2, 0.25) is 0 Å². The van der Waals surface area contributed by atoms with Gasteiger partial charge in [-0.1, -0.05) is 31.5 Å². The van der Waals surface area contributed by atoms with E-state index < -0.39 is 0 Å². The molecule has 1 amide bonds. The van der Waals surface area contributed by atoms with Crippen molar-refractivity contribution in [2.24, 2.45) is 5.92 Å². The Bertz CT molecular complexity index is 399. The van der Waals surface area contributed by atoms with Gasteiger partial charge >= 0.3 is 0 Å². The van der Waals surface area contributed by atoms with Gasteiger partial charge < -0.3 is 10.1 Å². The topological polar surface area (TPSA) is 38.3 Å². The first-order valence-electron chi connectivity index (χ1n) is 6.46. The van der Waals surface area contributed by atoms with E-state index in [4.69, 9.17) is 4.74 Å². The molecule has 18 heavy (non-hydrogen) atoms. The molecule has 3 heteroatoms. The molecule has 0 fully saturated rings. The third kappa shape index (κ3) is 5.21. The van der Waals surface area contributed by atoms with Gasteiger partial charge in [-0.15, -0.1) is 0 Å². The Morgan fingerprint density at radius 3 is 2.67 bits per heavy atom. The fourth-order valence-electron chi connectivity index (χ4n) is 1.62. The van der Waals surface area contributed by atoms with Crippen molar-refractivity contribution in [1.82, 2.24) is 5.32 Å². The maximum absolute atomic E-state index is 11.5. The van der Waals surface area contributed by atoms with E-state index in [1.807, 2.05) is 19.1 Å². The third-order valence-corrected chi connectivity index (χ3v) is 2.62.